The van der Waals surface area contributed by atoms with Gasteiger partial charge in [-0.25, -0.2) is 22.0 Å². The van der Waals surface area contributed by atoms with Crippen LogP contribution in [0.2, 0.25) is 0 Å². The van der Waals surface area contributed by atoms with Crippen LogP contribution in [0.15, 0.2) is 11.7 Å². The zero-order valence-electron chi connectivity index (χ0n) is 6.78. The van der Waals surface area contributed by atoms with Crippen LogP contribution in [0.1, 0.15) is 0 Å². The molecule has 1 rings (SSSR count). The van der Waals surface area contributed by atoms with Crippen LogP contribution < -0.4 is 0 Å². The topological polar surface area (TPSA) is 0 Å². The average Bonchev–Trinajstić information content (AvgIpc) is 2.12. The van der Waals surface area contributed by atoms with Crippen molar-refractivity contribution in [1.82, 2.24) is 0 Å². The number of hydrogen-bond donors (Lipinski definition) is 0. The summed E-state index contributed by atoms with van der Waals surface area (Å²) in [6, 6.07) is 0. The van der Waals surface area contributed by atoms with E-state index in [0.29, 0.717) is 0 Å². The fourth-order valence-corrected chi connectivity index (χ4v) is 1.62. The van der Waals surface area contributed by atoms with E-state index in [0.717, 1.165) is 0 Å². The van der Waals surface area contributed by atoms with Crippen molar-refractivity contribution in [3.63, 3.8) is 0 Å². The molecule has 1 aliphatic carbocycles. The Morgan fingerprint density at radius 3 is 1.44 bits per heavy atom. The molecule has 0 spiro atoms. The van der Waals surface area contributed by atoms with Gasteiger partial charge in [0.05, 0.1) is 0 Å². The van der Waals surface area contributed by atoms with Gasteiger partial charge in [-0.2, -0.15) is 8.78 Å². The number of hydrogen-bond acceptors (Lipinski definition) is 0. The van der Waals surface area contributed by atoms with E-state index in [-0.39, 0.29) is 0 Å². The maximum atomic E-state index is 13.2. The summed E-state index contributed by atoms with van der Waals surface area (Å²) in [4.78, 5) is 0. The SMILES string of the molecule is FC1=C(F)C(F)(Cl)C(F)(Cl)C(F)(Cl)C1(F)F. The predicted octanol–water partition coefficient (Wildman–Crippen LogP) is 4.50. The van der Waals surface area contributed by atoms with Gasteiger partial charge in [0.1, 0.15) is 0 Å². The number of allylic oxidation sites excluding steroid dienone is 2. The first kappa shape index (κ1) is 14.2. The molecule has 3 atom stereocenters. The van der Waals surface area contributed by atoms with Gasteiger partial charge in [-0.1, -0.05) is 34.8 Å². The summed E-state index contributed by atoms with van der Waals surface area (Å²) >= 11 is 13.1. The molecule has 0 aromatic carbocycles. The van der Waals surface area contributed by atoms with Crippen LogP contribution in [-0.4, -0.2) is 21.3 Å². The van der Waals surface area contributed by atoms with Crippen LogP contribution in [0, 0.1) is 0 Å². The van der Waals surface area contributed by atoms with Crippen molar-refractivity contribution in [3.05, 3.63) is 11.7 Å². The molecule has 0 bridgehead atoms. The van der Waals surface area contributed by atoms with E-state index in [1.807, 2.05) is 0 Å². The van der Waals surface area contributed by atoms with Gasteiger partial charge < -0.3 is 0 Å². The lowest BCUT2D eigenvalue weighted by Gasteiger charge is -2.42. The maximum Gasteiger partial charge on any atom is 0.353 e. The largest absolute Gasteiger partial charge is 0.353 e. The summed E-state index contributed by atoms with van der Waals surface area (Å²) in [5, 5.41) is -14.7. The molecular formula is C6Cl3F7. The lowest BCUT2D eigenvalue weighted by Crippen LogP contribution is -2.64. The average molecular weight is 311 g/mol. The van der Waals surface area contributed by atoms with Gasteiger partial charge in [0.2, 0.25) is 5.83 Å². The quantitative estimate of drug-likeness (QED) is 0.456. The Morgan fingerprint density at radius 2 is 1.06 bits per heavy atom. The first-order chi connectivity index (χ1) is 6.82. The molecule has 94 valence electrons. The molecule has 0 amide bonds. The van der Waals surface area contributed by atoms with Gasteiger partial charge in [0.15, 0.2) is 5.83 Å². The molecule has 3 unspecified atom stereocenters. The molecule has 0 saturated heterocycles. The molecule has 0 radical (unpaired) electrons. The second-order valence-electron chi connectivity index (χ2n) is 2.93. The smallest absolute Gasteiger partial charge is 0.215 e. The predicted molar refractivity (Wildman–Crippen MR) is 43.3 cm³/mol. The van der Waals surface area contributed by atoms with Crippen molar-refractivity contribution in [2.24, 2.45) is 0 Å². The van der Waals surface area contributed by atoms with E-state index < -0.39 is 33.0 Å². The van der Waals surface area contributed by atoms with Crippen LogP contribution in [0.5, 0.6) is 0 Å². The second kappa shape index (κ2) is 3.32. The second-order valence-corrected chi connectivity index (χ2v) is 4.49. The van der Waals surface area contributed by atoms with E-state index in [9.17, 15) is 30.7 Å². The standard InChI is InChI=1S/C6Cl3F7/c7-3(12)1(10)2(11)4(13,14)6(9,16)5(3,8)15. The van der Waals surface area contributed by atoms with E-state index in [1.165, 1.54) is 0 Å². The lowest BCUT2D eigenvalue weighted by atomic mass is 9.94. The zero-order valence-corrected chi connectivity index (χ0v) is 9.05. The third-order valence-corrected chi connectivity index (χ3v) is 3.57. The highest BCUT2D eigenvalue weighted by Gasteiger charge is 2.82. The maximum absolute atomic E-state index is 13.2. The number of rotatable bonds is 0. The molecule has 1 aliphatic rings. The number of alkyl halides is 8. The summed E-state index contributed by atoms with van der Waals surface area (Å²) < 4.78 is 90.0. The van der Waals surface area contributed by atoms with Crippen LogP contribution in [0.3, 0.4) is 0 Å². The van der Waals surface area contributed by atoms with E-state index in [2.05, 4.69) is 34.8 Å². The molecular weight excluding hydrogens is 311 g/mol. The molecule has 0 nitrogen and oxygen atoms in total. The van der Waals surface area contributed by atoms with Crippen molar-refractivity contribution in [2.75, 3.05) is 0 Å². The third-order valence-electron chi connectivity index (χ3n) is 1.93. The van der Waals surface area contributed by atoms with Crippen LogP contribution in [0.4, 0.5) is 30.7 Å². The first-order valence-corrected chi connectivity index (χ1v) is 4.52. The Labute approximate surface area is 98.9 Å². The Bertz CT molecular complexity index is 325. The normalized spacial score (nSPS) is 48.4. The Balaban J connectivity index is 3.64. The molecule has 0 aliphatic heterocycles. The van der Waals surface area contributed by atoms with Crippen molar-refractivity contribution < 1.29 is 30.7 Å². The monoisotopic (exact) mass is 310 g/mol. The van der Waals surface area contributed by atoms with Gasteiger partial charge in [-0.3, -0.25) is 0 Å². The minimum atomic E-state index is -5.50. The van der Waals surface area contributed by atoms with Crippen molar-refractivity contribution >= 4 is 34.8 Å². The molecule has 0 N–H and O–H groups in total. The molecule has 10 heteroatoms. The van der Waals surface area contributed by atoms with Gasteiger partial charge in [0, 0.05) is 0 Å². The van der Waals surface area contributed by atoms with E-state index in [1.54, 1.807) is 0 Å². The van der Waals surface area contributed by atoms with Crippen molar-refractivity contribution in [1.29, 1.82) is 0 Å². The van der Waals surface area contributed by atoms with Gasteiger partial charge in [-0.15, -0.1) is 0 Å². The van der Waals surface area contributed by atoms with Gasteiger partial charge >= 0.3 is 11.1 Å². The molecule has 0 saturated carbocycles. The molecule has 0 heterocycles. The summed E-state index contributed by atoms with van der Waals surface area (Å²) in [6.45, 7) is 0. The summed E-state index contributed by atoms with van der Waals surface area (Å²) in [5.41, 5.74) is 0. The van der Waals surface area contributed by atoms with Crippen LogP contribution >= 0.6 is 34.8 Å². The minimum Gasteiger partial charge on any atom is -0.215 e. The van der Waals surface area contributed by atoms with Gasteiger partial charge in [-0.05, 0) is 0 Å². The fraction of sp³-hybridized carbons (Fsp3) is 0.667. The zero-order chi connectivity index (χ0) is 13.2. The van der Waals surface area contributed by atoms with E-state index in [4.69, 9.17) is 0 Å². The number of halogens is 10. The molecule has 0 aromatic rings. The highest BCUT2D eigenvalue weighted by Crippen LogP contribution is 2.64. The van der Waals surface area contributed by atoms with Crippen LogP contribution in [0.25, 0.3) is 0 Å². The fourth-order valence-electron chi connectivity index (χ4n) is 0.946. The minimum absolute atomic E-state index is 3.06. The third kappa shape index (κ3) is 1.31. The Kier molecular flexibility index (Phi) is 2.95. The Hall–Kier alpha value is 0.120. The molecule has 0 aromatic heterocycles. The molecule has 16 heavy (non-hydrogen) atoms. The highest BCUT2D eigenvalue weighted by molar-refractivity contribution is 6.40. The summed E-state index contributed by atoms with van der Waals surface area (Å²) in [5.74, 6) is -11.8. The lowest BCUT2D eigenvalue weighted by molar-refractivity contribution is -0.158. The van der Waals surface area contributed by atoms with E-state index >= 15 is 0 Å². The molecule has 0 fully saturated rings. The Morgan fingerprint density at radius 1 is 0.688 bits per heavy atom. The van der Waals surface area contributed by atoms with Gasteiger partial charge in [0.25, 0.3) is 10.3 Å². The van der Waals surface area contributed by atoms with Crippen molar-refractivity contribution in [3.8, 4) is 0 Å². The van der Waals surface area contributed by atoms with Crippen molar-refractivity contribution in [2.45, 2.75) is 21.3 Å². The van der Waals surface area contributed by atoms with Crippen LogP contribution in [-0.2, 0) is 0 Å². The first-order valence-electron chi connectivity index (χ1n) is 3.39. The highest BCUT2D eigenvalue weighted by atomic mass is 35.5. The summed E-state index contributed by atoms with van der Waals surface area (Å²) in [7, 11) is 0. The summed E-state index contributed by atoms with van der Waals surface area (Å²) in [6.07, 6.45) is 0.